The van der Waals surface area contributed by atoms with Crippen LogP contribution in [0.1, 0.15) is 12.8 Å². The predicted octanol–water partition coefficient (Wildman–Crippen LogP) is 2.92. The number of amides is 1. The van der Waals surface area contributed by atoms with Crippen molar-refractivity contribution in [3.05, 3.63) is 21.1 Å². The Bertz CT molecular complexity index is 397. The number of hydrogen-bond acceptors (Lipinski definition) is 2. The van der Waals surface area contributed by atoms with Crippen LogP contribution in [0.5, 0.6) is 0 Å². The number of halogens is 2. The molecule has 1 fully saturated rings. The van der Waals surface area contributed by atoms with E-state index in [4.69, 9.17) is 5.73 Å². The van der Waals surface area contributed by atoms with Crippen molar-refractivity contribution in [3.63, 3.8) is 0 Å². The van der Waals surface area contributed by atoms with Crippen LogP contribution in [-0.2, 0) is 4.79 Å². The van der Waals surface area contributed by atoms with Crippen molar-refractivity contribution in [2.75, 3.05) is 17.2 Å². The predicted molar refractivity (Wildman–Crippen MR) is 67.8 cm³/mol. The molecular weight excluding hydrogens is 324 g/mol. The molecule has 5 heteroatoms. The molecule has 0 aromatic heterocycles. The Morgan fingerprint density at radius 1 is 1.27 bits per heavy atom. The number of carbonyl (C=O) groups excluding carboxylic acids is 1. The Kier molecular flexibility index (Phi) is 3.02. The van der Waals surface area contributed by atoms with Crippen LogP contribution in [0.2, 0.25) is 0 Å². The summed E-state index contributed by atoms with van der Waals surface area (Å²) in [6.07, 6.45) is 1.55. The Balaban J connectivity index is 2.47. The van der Waals surface area contributed by atoms with Gasteiger partial charge in [-0.3, -0.25) is 4.79 Å². The molecule has 0 bridgehead atoms. The Hall–Kier alpha value is -0.550. The maximum atomic E-state index is 11.6. The molecule has 0 saturated carbocycles. The van der Waals surface area contributed by atoms with Crippen molar-refractivity contribution in [1.82, 2.24) is 0 Å². The molecule has 0 aliphatic carbocycles. The molecule has 1 amide bonds. The lowest BCUT2D eigenvalue weighted by Gasteiger charge is -2.19. The fourth-order valence-electron chi connectivity index (χ4n) is 1.73. The van der Waals surface area contributed by atoms with Crippen molar-refractivity contribution >= 4 is 49.1 Å². The van der Waals surface area contributed by atoms with E-state index in [1.165, 1.54) is 0 Å². The summed E-state index contributed by atoms with van der Waals surface area (Å²) in [5.41, 5.74) is 7.25. The quantitative estimate of drug-likeness (QED) is 0.803. The normalized spacial score (nSPS) is 16.1. The minimum absolute atomic E-state index is 0.168. The third kappa shape index (κ3) is 2.03. The summed E-state index contributed by atoms with van der Waals surface area (Å²) in [6.45, 7) is 0.778. The Labute approximate surface area is 105 Å². The lowest BCUT2D eigenvalue weighted by atomic mass is 10.2. The van der Waals surface area contributed by atoms with Gasteiger partial charge in [0.2, 0.25) is 5.91 Å². The molecular formula is C10H10Br2N2O. The first-order valence-electron chi connectivity index (χ1n) is 4.64. The van der Waals surface area contributed by atoms with Crippen LogP contribution in [0.25, 0.3) is 0 Å². The number of benzene rings is 1. The molecule has 0 atom stereocenters. The second-order valence-corrected chi connectivity index (χ2v) is 5.19. The molecule has 1 aromatic rings. The van der Waals surface area contributed by atoms with Gasteiger partial charge in [-0.15, -0.1) is 0 Å². The van der Waals surface area contributed by atoms with Gasteiger partial charge in [0.15, 0.2) is 0 Å². The van der Waals surface area contributed by atoms with E-state index in [1.54, 1.807) is 4.90 Å². The fraction of sp³-hybridized carbons (Fsp3) is 0.300. The lowest BCUT2D eigenvalue weighted by Crippen LogP contribution is -2.24. The van der Waals surface area contributed by atoms with E-state index >= 15 is 0 Å². The third-order valence-electron chi connectivity index (χ3n) is 2.38. The highest BCUT2D eigenvalue weighted by Gasteiger charge is 2.25. The molecule has 1 aliphatic heterocycles. The molecule has 0 spiro atoms. The average Bonchev–Trinajstić information content (AvgIpc) is 2.50. The van der Waals surface area contributed by atoms with Gasteiger partial charge in [-0.25, -0.2) is 0 Å². The summed E-state index contributed by atoms with van der Waals surface area (Å²) in [7, 11) is 0. The minimum Gasteiger partial charge on any atom is -0.399 e. The van der Waals surface area contributed by atoms with E-state index in [2.05, 4.69) is 31.9 Å². The van der Waals surface area contributed by atoms with E-state index in [1.807, 2.05) is 12.1 Å². The van der Waals surface area contributed by atoms with Gasteiger partial charge in [-0.05, 0) is 50.4 Å². The molecule has 15 heavy (non-hydrogen) atoms. The van der Waals surface area contributed by atoms with Crippen LogP contribution in [0, 0.1) is 0 Å². The van der Waals surface area contributed by atoms with E-state index in [0.29, 0.717) is 12.1 Å². The highest BCUT2D eigenvalue weighted by atomic mass is 79.9. The van der Waals surface area contributed by atoms with Crippen LogP contribution < -0.4 is 10.6 Å². The lowest BCUT2D eigenvalue weighted by molar-refractivity contribution is -0.117. The van der Waals surface area contributed by atoms with Gasteiger partial charge in [0, 0.05) is 27.6 Å². The third-order valence-corrected chi connectivity index (χ3v) is 3.59. The van der Waals surface area contributed by atoms with Crippen molar-refractivity contribution in [2.45, 2.75) is 12.8 Å². The maximum Gasteiger partial charge on any atom is 0.227 e. The number of nitrogen functional groups attached to an aromatic ring is 1. The number of nitrogens with zero attached hydrogens (tertiary/aromatic N) is 1. The summed E-state index contributed by atoms with van der Waals surface area (Å²) >= 11 is 6.86. The van der Waals surface area contributed by atoms with Crippen LogP contribution in [0.15, 0.2) is 21.1 Å². The Morgan fingerprint density at radius 3 is 2.33 bits per heavy atom. The second-order valence-electron chi connectivity index (χ2n) is 3.48. The van der Waals surface area contributed by atoms with Crippen molar-refractivity contribution in [3.8, 4) is 0 Å². The van der Waals surface area contributed by atoms with Crippen LogP contribution in [-0.4, -0.2) is 12.5 Å². The molecule has 2 rings (SSSR count). The zero-order valence-electron chi connectivity index (χ0n) is 7.96. The molecule has 3 nitrogen and oxygen atoms in total. The standard InChI is InChI=1S/C10H10Br2N2O/c11-7-4-6(13)5-8(12)10(7)14-3-1-2-9(14)15/h4-5H,1-3,13H2. The first-order valence-corrected chi connectivity index (χ1v) is 6.23. The fourth-order valence-corrected chi connectivity index (χ4v) is 3.38. The maximum absolute atomic E-state index is 11.6. The smallest absolute Gasteiger partial charge is 0.227 e. The molecule has 1 heterocycles. The van der Waals surface area contributed by atoms with Crippen molar-refractivity contribution < 1.29 is 4.79 Å². The van der Waals surface area contributed by atoms with E-state index < -0.39 is 0 Å². The monoisotopic (exact) mass is 332 g/mol. The summed E-state index contributed by atoms with van der Waals surface area (Å²) in [5, 5.41) is 0. The van der Waals surface area contributed by atoms with Gasteiger partial charge in [-0.2, -0.15) is 0 Å². The number of anilines is 2. The molecule has 1 aliphatic rings. The van der Waals surface area contributed by atoms with Gasteiger partial charge in [-0.1, -0.05) is 0 Å². The number of rotatable bonds is 1. The zero-order chi connectivity index (χ0) is 11.0. The summed E-state index contributed by atoms with van der Waals surface area (Å²) in [5.74, 6) is 0.168. The molecule has 2 N–H and O–H groups in total. The van der Waals surface area contributed by atoms with E-state index in [9.17, 15) is 4.79 Å². The summed E-state index contributed by atoms with van der Waals surface area (Å²) in [4.78, 5) is 13.4. The van der Waals surface area contributed by atoms with Crippen molar-refractivity contribution in [1.29, 1.82) is 0 Å². The summed E-state index contributed by atoms with van der Waals surface area (Å²) < 4.78 is 1.70. The van der Waals surface area contributed by atoms with Gasteiger partial charge in [0.1, 0.15) is 0 Å². The van der Waals surface area contributed by atoms with Crippen LogP contribution in [0.4, 0.5) is 11.4 Å². The molecule has 0 unspecified atom stereocenters. The average molecular weight is 334 g/mol. The highest BCUT2D eigenvalue weighted by Crippen LogP contribution is 2.38. The highest BCUT2D eigenvalue weighted by molar-refractivity contribution is 9.11. The van der Waals surface area contributed by atoms with Crippen LogP contribution in [0.3, 0.4) is 0 Å². The van der Waals surface area contributed by atoms with E-state index in [-0.39, 0.29) is 5.91 Å². The SMILES string of the molecule is Nc1cc(Br)c(N2CCCC2=O)c(Br)c1. The Morgan fingerprint density at radius 2 is 1.87 bits per heavy atom. The summed E-state index contributed by atoms with van der Waals surface area (Å²) in [6, 6.07) is 3.62. The second kappa shape index (κ2) is 4.14. The number of carbonyl (C=O) groups is 1. The van der Waals surface area contributed by atoms with Gasteiger partial charge in [0.25, 0.3) is 0 Å². The zero-order valence-corrected chi connectivity index (χ0v) is 11.1. The molecule has 80 valence electrons. The first kappa shape index (κ1) is 11.0. The van der Waals surface area contributed by atoms with Gasteiger partial charge in [0.05, 0.1) is 5.69 Å². The number of hydrogen-bond donors (Lipinski definition) is 1. The van der Waals surface area contributed by atoms with E-state index in [0.717, 1.165) is 27.6 Å². The largest absolute Gasteiger partial charge is 0.399 e. The first-order chi connectivity index (χ1) is 7.09. The molecule has 0 radical (unpaired) electrons. The van der Waals surface area contributed by atoms with Crippen molar-refractivity contribution in [2.24, 2.45) is 0 Å². The van der Waals surface area contributed by atoms with Gasteiger partial charge >= 0.3 is 0 Å². The topological polar surface area (TPSA) is 46.3 Å². The number of nitrogens with two attached hydrogens (primary N) is 1. The van der Waals surface area contributed by atoms with Crippen LogP contribution >= 0.6 is 31.9 Å². The molecule has 1 aromatic carbocycles. The molecule has 1 saturated heterocycles. The minimum atomic E-state index is 0.168. The van der Waals surface area contributed by atoms with Gasteiger partial charge < -0.3 is 10.6 Å².